The van der Waals surface area contributed by atoms with E-state index in [-0.39, 0.29) is 52.7 Å². The van der Waals surface area contributed by atoms with Crippen molar-refractivity contribution in [2.75, 3.05) is 13.1 Å². The molecule has 3 heterocycles. The van der Waals surface area contributed by atoms with Gasteiger partial charge in [0.15, 0.2) is 5.78 Å². The lowest BCUT2D eigenvalue weighted by Gasteiger charge is -2.28. The van der Waals surface area contributed by atoms with E-state index in [0.717, 1.165) is 10.4 Å². The summed E-state index contributed by atoms with van der Waals surface area (Å²) in [4.78, 5) is 23.7. The summed E-state index contributed by atoms with van der Waals surface area (Å²) in [7, 11) is -4.20. The van der Waals surface area contributed by atoms with E-state index < -0.39 is 14.9 Å². The Morgan fingerprint density at radius 2 is 1.46 bits per heavy atom. The number of ketones is 1. The van der Waals surface area contributed by atoms with E-state index in [9.17, 15) is 23.3 Å². The zero-order valence-corrected chi connectivity index (χ0v) is 21.5. The van der Waals surface area contributed by atoms with E-state index in [1.165, 1.54) is 30.4 Å². The molecule has 0 unspecified atom stereocenters. The lowest BCUT2D eigenvalue weighted by atomic mass is 9.97. The van der Waals surface area contributed by atoms with Crippen LogP contribution in [-0.4, -0.2) is 66.5 Å². The number of non-ortho nitro benzene ring substituents is 1. The van der Waals surface area contributed by atoms with Gasteiger partial charge in [0.2, 0.25) is 10.0 Å². The van der Waals surface area contributed by atoms with Crippen molar-refractivity contribution < 1.29 is 18.1 Å². The van der Waals surface area contributed by atoms with E-state index >= 15 is 0 Å². The normalized spacial score (nSPS) is 17.4. The number of nitro groups is 1. The minimum atomic E-state index is -4.20. The molecule has 37 heavy (non-hydrogen) atoms. The molecule has 1 aliphatic rings. The van der Waals surface area contributed by atoms with Gasteiger partial charge in [0.25, 0.3) is 5.69 Å². The topological polar surface area (TPSA) is 159 Å². The molecule has 0 atom stereocenters. The third-order valence-electron chi connectivity index (χ3n) is 5.70. The van der Waals surface area contributed by atoms with Gasteiger partial charge < -0.3 is 0 Å². The summed E-state index contributed by atoms with van der Waals surface area (Å²) < 4.78 is 31.4. The second-order valence-corrected chi connectivity index (χ2v) is 11.1. The minimum absolute atomic E-state index is 0.0477. The van der Waals surface area contributed by atoms with Gasteiger partial charge in [-0.25, -0.2) is 17.8 Å². The lowest BCUT2D eigenvalue weighted by molar-refractivity contribution is -0.385. The number of sulfonamides is 1. The highest BCUT2D eigenvalue weighted by atomic mass is 32.2. The first kappa shape index (κ1) is 26.0. The van der Waals surface area contributed by atoms with Crippen molar-refractivity contribution in [1.29, 1.82) is 0 Å². The predicted molar refractivity (Wildman–Crippen MR) is 134 cm³/mol. The van der Waals surface area contributed by atoms with Crippen LogP contribution in [0.4, 0.5) is 5.69 Å². The molecule has 0 N–H and O–H groups in total. The van der Waals surface area contributed by atoms with Gasteiger partial charge in [0, 0.05) is 48.5 Å². The van der Waals surface area contributed by atoms with Gasteiger partial charge >= 0.3 is 0 Å². The summed E-state index contributed by atoms with van der Waals surface area (Å²) in [5.41, 5.74) is 0.807. The number of nitro benzene ring substituents is 1. The summed E-state index contributed by atoms with van der Waals surface area (Å²) in [6, 6.07) is 4.90. The standard InChI is InChI=1S/C23H26N8O5S/c1-15(2)29-13-19(24-26-29)8-17-11-28(37(35,36)22-7-5-6-21(10-22)31(33)34)12-18(23(17)32)9-20-14-30(16(3)4)27-25-20/h5-10,13-16H,11-12H2,1-4H3. The number of carbonyl (C=O) groups is 1. The van der Waals surface area contributed by atoms with Crippen LogP contribution in [0.1, 0.15) is 51.2 Å². The van der Waals surface area contributed by atoms with Gasteiger partial charge in [0.1, 0.15) is 11.4 Å². The van der Waals surface area contributed by atoms with Gasteiger partial charge in [-0.15, -0.1) is 10.2 Å². The van der Waals surface area contributed by atoms with E-state index in [4.69, 9.17) is 0 Å². The van der Waals surface area contributed by atoms with Gasteiger partial charge in [0.05, 0.1) is 22.2 Å². The number of aromatic nitrogens is 6. The van der Waals surface area contributed by atoms with E-state index in [0.29, 0.717) is 11.4 Å². The summed E-state index contributed by atoms with van der Waals surface area (Å²) in [5.74, 6) is -0.358. The summed E-state index contributed by atoms with van der Waals surface area (Å²) in [5, 5.41) is 27.4. The Morgan fingerprint density at radius 1 is 0.946 bits per heavy atom. The second kappa shape index (κ2) is 10.1. The summed E-state index contributed by atoms with van der Waals surface area (Å²) in [6.45, 7) is 7.22. The smallest absolute Gasteiger partial charge is 0.270 e. The van der Waals surface area contributed by atoms with E-state index in [2.05, 4.69) is 20.6 Å². The fourth-order valence-electron chi connectivity index (χ4n) is 3.66. The highest BCUT2D eigenvalue weighted by Crippen LogP contribution is 2.28. The van der Waals surface area contributed by atoms with Crippen LogP contribution in [0.25, 0.3) is 12.2 Å². The number of carbonyl (C=O) groups excluding carboxylic acids is 1. The van der Waals surface area contributed by atoms with Crippen LogP contribution < -0.4 is 0 Å². The molecule has 194 valence electrons. The molecule has 1 aliphatic heterocycles. The van der Waals surface area contributed by atoms with Gasteiger partial charge in [-0.2, -0.15) is 4.31 Å². The molecule has 0 radical (unpaired) electrons. The Hall–Kier alpha value is -4.04. The molecule has 0 amide bonds. The minimum Gasteiger partial charge on any atom is -0.289 e. The maximum absolute atomic E-state index is 13.5. The Morgan fingerprint density at radius 3 is 1.89 bits per heavy atom. The van der Waals surface area contributed by atoms with Crippen molar-refractivity contribution >= 4 is 33.6 Å². The zero-order chi connectivity index (χ0) is 26.9. The molecule has 0 bridgehead atoms. The molecule has 14 heteroatoms. The first-order chi connectivity index (χ1) is 17.5. The lowest BCUT2D eigenvalue weighted by Crippen LogP contribution is -2.41. The molecule has 1 saturated heterocycles. The number of nitrogens with zero attached hydrogens (tertiary/aromatic N) is 8. The van der Waals surface area contributed by atoms with Crippen LogP contribution in [-0.2, 0) is 14.8 Å². The van der Waals surface area contributed by atoms with Gasteiger partial charge in [-0.05, 0) is 45.9 Å². The highest BCUT2D eigenvalue weighted by Gasteiger charge is 2.35. The van der Waals surface area contributed by atoms with Crippen LogP contribution in [0.2, 0.25) is 0 Å². The summed E-state index contributed by atoms with van der Waals surface area (Å²) in [6.07, 6.45) is 6.33. The molecular weight excluding hydrogens is 500 g/mol. The summed E-state index contributed by atoms with van der Waals surface area (Å²) >= 11 is 0. The number of rotatable bonds is 7. The van der Waals surface area contributed by atoms with Crippen molar-refractivity contribution in [2.45, 2.75) is 44.7 Å². The average molecular weight is 527 g/mol. The molecular formula is C23H26N8O5S. The van der Waals surface area contributed by atoms with Gasteiger partial charge in [-0.1, -0.05) is 16.5 Å². The average Bonchev–Trinajstić information content (AvgIpc) is 3.51. The number of benzene rings is 1. The van der Waals surface area contributed by atoms with Crippen LogP contribution in [0.5, 0.6) is 0 Å². The Kier molecular flexibility index (Phi) is 7.14. The molecule has 4 rings (SSSR count). The van der Waals surface area contributed by atoms with Crippen LogP contribution >= 0.6 is 0 Å². The maximum atomic E-state index is 13.5. The maximum Gasteiger partial charge on any atom is 0.270 e. The van der Waals surface area contributed by atoms with E-state index in [1.54, 1.807) is 21.8 Å². The SMILES string of the molecule is CC(C)n1cc(C=C2CN(S(=O)(=O)c3cccc([N+](=O)[O-])c3)CC(=Cc3cn(C(C)C)nn3)C2=O)nn1. The Balaban J connectivity index is 1.77. The van der Waals surface area contributed by atoms with E-state index in [1.807, 2.05) is 27.7 Å². The predicted octanol–water partition coefficient (Wildman–Crippen LogP) is 2.68. The number of piperidine rings is 1. The fourth-order valence-corrected chi connectivity index (χ4v) is 5.10. The number of Topliss-reactive ketones (excluding diaryl/α,β-unsaturated/α-hetero) is 1. The van der Waals surface area contributed by atoms with Crippen molar-refractivity contribution in [1.82, 2.24) is 34.3 Å². The third-order valence-corrected chi connectivity index (χ3v) is 7.49. The molecule has 2 aromatic heterocycles. The van der Waals surface area contributed by atoms with Crippen molar-refractivity contribution in [3.63, 3.8) is 0 Å². The number of hydrogen-bond acceptors (Lipinski definition) is 9. The molecule has 1 aromatic carbocycles. The molecule has 13 nitrogen and oxygen atoms in total. The molecule has 3 aromatic rings. The largest absolute Gasteiger partial charge is 0.289 e. The van der Waals surface area contributed by atoms with Crippen LogP contribution in [0.15, 0.2) is 52.7 Å². The second-order valence-electron chi connectivity index (χ2n) is 9.13. The van der Waals surface area contributed by atoms with Gasteiger partial charge in [-0.3, -0.25) is 14.9 Å². The fraction of sp³-hybridized carbons (Fsp3) is 0.348. The first-order valence-corrected chi connectivity index (χ1v) is 12.9. The van der Waals surface area contributed by atoms with Crippen molar-refractivity contribution in [3.05, 3.63) is 69.3 Å². The monoisotopic (exact) mass is 526 g/mol. The molecule has 0 aliphatic carbocycles. The molecule has 1 fully saturated rings. The molecule has 0 spiro atoms. The third kappa shape index (κ3) is 5.54. The number of hydrogen-bond donors (Lipinski definition) is 0. The van der Waals surface area contributed by atoms with Crippen molar-refractivity contribution in [3.8, 4) is 0 Å². The Bertz CT molecular complexity index is 1450. The van der Waals surface area contributed by atoms with Crippen molar-refractivity contribution in [2.24, 2.45) is 0 Å². The van der Waals surface area contributed by atoms with Crippen LogP contribution in [0, 0.1) is 10.1 Å². The first-order valence-electron chi connectivity index (χ1n) is 11.5. The highest BCUT2D eigenvalue weighted by molar-refractivity contribution is 7.89. The Labute approximate surface area is 213 Å². The zero-order valence-electron chi connectivity index (χ0n) is 20.7. The van der Waals surface area contributed by atoms with Crippen LogP contribution in [0.3, 0.4) is 0 Å². The quantitative estimate of drug-likeness (QED) is 0.256. The molecule has 0 saturated carbocycles.